The third-order valence-electron chi connectivity index (χ3n) is 5.36. The number of aryl methyl sites for hydroxylation is 1. The average molecular weight is 243 g/mol. The molecule has 1 aromatic rings. The molecule has 0 aliphatic heterocycles. The first-order valence-electron chi connectivity index (χ1n) is 7.64. The standard InChI is InChI=1S/C17H25N/c18-13-17(11-4-1-5-12-17)16-10-6-8-14-7-2-3-9-15(14)16/h2-3,7,9,16H,1,4-6,8,10-13,18H2. The minimum Gasteiger partial charge on any atom is -0.330 e. The first-order valence-corrected chi connectivity index (χ1v) is 7.64. The lowest BCUT2D eigenvalue weighted by Crippen LogP contribution is -2.40. The second-order valence-electron chi connectivity index (χ2n) is 6.27. The highest BCUT2D eigenvalue weighted by atomic mass is 14.6. The van der Waals surface area contributed by atoms with Gasteiger partial charge in [0.05, 0.1) is 0 Å². The smallest absolute Gasteiger partial charge is 0.00147 e. The van der Waals surface area contributed by atoms with E-state index in [1.54, 1.807) is 11.1 Å². The Balaban J connectivity index is 1.96. The fourth-order valence-corrected chi connectivity index (χ4v) is 4.34. The number of hydrogen-bond donors (Lipinski definition) is 1. The summed E-state index contributed by atoms with van der Waals surface area (Å²) in [7, 11) is 0. The van der Waals surface area contributed by atoms with Crippen molar-refractivity contribution in [2.45, 2.75) is 57.3 Å². The van der Waals surface area contributed by atoms with Crippen molar-refractivity contribution in [1.29, 1.82) is 0 Å². The lowest BCUT2D eigenvalue weighted by molar-refractivity contribution is 0.140. The molecule has 0 aromatic heterocycles. The van der Waals surface area contributed by atoms with Crippen molar-refractivity contribution >= 4 is 0 Å². The van der Waals surface area contributed by atoms with Crippen LogP contribution in [0.3, 0.4) is 0 Å². The van der Waals surface area contributed by atoms with Crippen molar-refractivity contribution in [3.8, 4) is 0 Å². The van der Waals surface area contributed by atoms with E-state index in [0.29, 0.717) is 5.41 Å². The van der Waals surface area contributed by atoms with Gasteiger partial charge in [-0.2, -0.15) is 0 Å². The van der Waals surface area contributed by atoms with Crippen LogP contribution in [0.25, 0.3) is 0 Å². The molecule has 0 saturated heterocycles. The Hall–Kier alpha value is -0.820. The van der Waals surface area contributed by atoms with Crippen LogP contribution in [0.4, 0.5) is 0 Å². The first kappa shape index (κ1) is 12.2. The minimum absolute atomic E-state index is 0.411. The van der Waals surface area contributed by atoms with Crippen molar-refractivity contribution in [2.75, 3.05) is 6.54 Å². The van der Waals surface area contributed by atoms with Gasteiger partial charge in [0.1, 0.15) is 0 Å². The van der Waals surface area contributed by atoms with Crippen LogP contribution in [0.5, 0.6) is 0 Å². The highest BCUT2D eigenvalue weighted by Gasteiger charge is 2.40. The van der Waals surface area contributed by atoms with Crippen molar-refractivity contribution in [2.24, 2.45) is 11.1 Å². The van der Waals surface area contributed by atoms with E-state index in [4.69, 9.17) is 5.73 Å². The highest BCUT2D eigenvalue weighted by molar-refractivity contribution is 5.34. The van der Waals surface area contributed by atoms with Crippen LogP contribution in [0.1, 0.15) is 62.0 Å². The van der Waals surface area contributed by atoms with Crippen LogP contribution in [0.2, 0.25) is 0 Å². The summed E-state index contributed by atoms with van der Waals surface area (Å²) in [5.74, 6) is 0.729. The van der Waals surface area contributed by atoms with Crippen LogP contribution in [0, 0.1) is 5.41 Å². The van der Waals surface area contributed by atoms with E-state index in [1.807, 2.05) is 0 Å². The molecule has 1 aromatic carbocycles. The molecule has 2 aliphatic rings. The molecule has 1 unspecified atom stereocenters. The molecule has 18 heavy (non-hydrogen) atoms. The predicted molar refractivity (Wildman–Crippen MR) is 76.7 cm³/mol. The molecule has 0 amide bonds. The molecule has 1 atom stereocenters. The van der Waals surface area contributed by atoms with E-state index in [1.165, 1.54) is 51.4 Å². The van der Waals surface area contributed by atoms with Gasteiger partial charge in [-0.25, -0.2) is 0 Å². The number of benzene rings is 1. The summed E-state index contributed by atoms with van der Waals surface area (Å²) in [6.45, 7) is 0.881. The second kappa shape index (κ2) is 5.05. The topological polar surface area (TPSA) is 26.0 Å². The van der Waals surface area contributed by atoms with E-state index in [-0.39, 0.29) is 0 Å². The summed E-state index contributed by atoms with van der Waals surface area (Å²) >= 11 is 0. The van der Waals surface area contributed by atoms with Crippen LogP contribution in [-0.4, -0.2) is 6.54 Å². The Morgan fingerprint density at radius 1 is 1.06 bits per heavy atom. The summed E-state index contributed by atoms with van der Waals surface area (Å²) in [6, 6.07) is 9.10. The highest BCUT2D eigenvalue weighted by Crippen LogP contribution is 2.51. The molecule has 0 bridgehead atoms. The van der Waals surface area contributed by atoms with Crippen LogP contribution >= 0.6 is 0 Å². The van der Waals surface area contributed by atoms with E-state index in [0.717, 1.165) is 12.5 Å². The van der Waals surface area contributed by atoms with Gasteiger partial charge < -0.3 is 5.73 Å². The van der Waals surface area contributed by atoms with E-state index in [9.17, 15) is 0 Å². The van der Waals surface area contributed by atoms with E-state index in [2.05, 4.69) is 24.3 Å². The van der Waals surface area contributed by atoms with Crippen LogP contribution in [0.15, 0.2) is 24.3 Å². The molecule has 0 spiro atoms. The fourth-order valence-electron chi connectivity index (χ4n) is 4.34. The number of fused-ring (bicyclic) bond motifs is 1. The minimum atomic E-state index is 0.411. The quantitative estimate of drug-likeness (QED) is 0.834. The normalized spacial score (nSPS) is 26.6. The van der Waals surface area contributed by atoms with Crippen molar-refractivity contribution < 1.29 is 0 Å². The van der Waals surface area contributed by atoms with Gasteiger partial charge in [0.15, 0.2) is 0 Å². The van der Waals surface area contributed by atoms with Gasteiger partial charge in [-0.15, -0.1) is 0 Å². The molecular formula is C17H25N. The van der Waals surface area contributed by atoms with Gasteiger partial charge in [-0.3, -0.25) is 0 Å². The Morgan fingerprint density at radius 2 is 1.83 bits per heavy atom. The summed E-state index contributed by atoms with van der Waals surface area (Å²) in [6.07, 6.45) is 10.9. The molecule has 1 fully saturated rings. The average Bonchev–Trinajstić information content (AvgIpc) is 2.47. The van der Waals surface area contributed by atoms with Gasteiger partial charge in [-0.05, 0) is 61.1 Å². The van der Waals surface area contributed by atoms with Crippen molar-refractivity contribution in [3.63, 3.8) is 0 Å². The zero-order valence-corrected chi connectivity index (χ0v) is 11.3. The van der Waals surface area contributed by atoms with E-state index < -0.39 is 0 Å². The fraction of sp³-hybridized carbons (Fsp3) is 0.647. The largest absolute Gasteiger partial charge is 0.330 e. The van der Waals surface area contributed by atoms with Gasteiger partial charge in [0.25, 0.3) is 0 Å². The maximum Gasteiger partial charge on any atom is -0.00147 e. The molecular weight excluding hydrogens is 218 g/mol. The van der Waals surface area contributed by atoms with Gasteiger partial charge >= 0.3 is 0 Å². The predicted octanol–water partition coefficient (Wildman–Crippen LogP) is 4.02. The monoisotopic (exact) mass is 243 g/mol. The van der Waals surface area contributed by atoms with Crippen LogP contribution in [-0.2, 0) is 6.42 Å². The summed E-state index contributed by atoms with van der Waals surface area (Å²) < 4.78 is 0. The molecule has 1 saturated carbocycles. The first-order chi connectivity index (χ1) is 8.86. The molecule has 1 heteroatoms. The zero-order valence-electron chi connectivity index (χ0n) is 11.3. The van der Waals surface area contributed by atoms with Crippen molar-refractivity contribution in [1.82, 2.24) is 0 Å². The third-order valence-corrected chi connectivity index (χ3v) is 5.36. The Labute approximate surface area is 111 Å². The Morgan fingerprint density at radius 3 is 2.61 bits per heavy atom. The summed E-state index contributed by atoms with van der Waals surface area (Å²) in [4.78, 5) is 0. The zero-order chi connectivity index (χ0) is 12.4. The van der Waals surface area contributed by atoms with Gasteiger partial charge in [0, 0.05) is 0 Å². The second-order valence-corrected chi connectivity index (χ2v) is 6.27. The third kappa shape index (κ3) is 1.99. The lowest BCUT2D eigenvalue weighted by atomic mass is 9.60. The number of nitrogens with two attached hydrogens (primary N) is 1. The lowest BCUT2D eigenvalue weighted by Gasteiger charge is -2.45. The SMILES string of the molecule is NCC1(C2CCCc3ccccc32)CCCCC1. The Kier molecular flexibility index (Phi) is 3.43. The molecule has 2 aliphatic carbocycles. The molecule has 98 valence electrons. The van der Waals surface area contributed by atoms with Gasteiger partial charge in [-0.1, -0.05) is 43.5 Å². The molecule has 2 N–H and O–H groups in total. The van der Waals surface area contributed by atoms with Crippen LogP contribution < -0.4 is 5.73 Å². The van der Waals surface area contributed by atoms with Gasteiger partial charge in [0.2, 0.25) is 0 Å². The Bertz CT molecular complexity index is 404. The van der Waals surface area contributed by atoms with E-state index >= 15 is 0 Å². The molecule has 0 radical (unpaired) electrons. The maximum absolute atomic E-state index is 6.23. The molecule has 3 rings (SSSR count). The summed E-state index contributed by atoms with van der Waals surface area (Å²) in [5.41, 5.74) is 9.85. The maximum atomic E-state index is 6.23. The molecule has 1 nitrogen and oxygen atoms in total. The number of hydrogen-bond acceptors (Lipinski definition) is 1. The molecule has 0 heterocycles. The number of rotatable bonds is 2. The summed E-state index contributed by atoms with van der Waals surface area (Å²) in [5, 5.41) is 0. The van der Waals surface area contributed by atoms with Crippen molar-refractivity contribution in [3.05, 3.63) is 35.4 Å².